The molecule has 1 heterocycles. The van der Waals surface area contributed by atoms with Crippen LogP contribution in [0.3, 0.4) is 0 Å². The minimum absolute atomic E-state index is 0.532. The molecule has 1 atom stereocenters. The van der Waals surface area contributed by atoms with Crippen LogP contribution in [0.1, 0.15) is 42.0 Å². The van der Waals surface area contributed by atoms with Crippen molar-refractivity contribution in [1.82, 2.24) is 5.32 Å². The summed E-state index contributed by atoms with van der Waals surface area (Å²) in [4.78, 5) is 2.82. The first-order chi connectivity index (χ1) is 6.69. The summed E-state index contributed by atoms with van der Waals surface area (Å²) < 4.78 is 1.24. The Kier molecular flexibility index (Phi) is 5.13. The molecule has 0 saturated carbocycles. The third-order valence-corrected chi connectivity index (χ3v) is 4.66. The van der Waals surface area contributed by atoms with Gasteiger partial charge < -0.3 is 5.32 Å². The van der Waals surface area contributed by atoms with Crippen molar-refractivity contribution in [3.05, 3.63) is 20.3 Å². The van der Waals surface area contributed by atoms with Crippen LogP contribution in [0.2, 0.25) is 0 Å². The normalized spacial score (nSPS) is 13.1. The van der Waals surface area contributed by atoms with Gasteiger partial charge in [0.1, 0.15) is 0 Å². The van der Waals surface area contributed by atoms with Gasteiger partial charge in [0.15, 0.2) is 0 Å². The summed E-state index contributed by atoms with van der Waals surface area (Å²) in [6.45, 7) is 4.40. The number of thiophene rings is 1. The summed E-state index contributed by atoms with van der Waals surface area (Å²) in [5.74, 6) is 0. The van der Waals surface area contributed by atoms with Crippen molar-refractivity contribution in [3.63, 3.8) is 0 Å². The van der Waals surface area contributed by atoms with Crippen LogP contribution >= 0.6 is 27.3 Å². The topological polar surface area (TPSA) is 12.0 Å². The van der Waals surface area contributed by atoms with Crippen molar-refractivity contribution in [2.75, 3.05) is 7.05 Å². The maximum Gasteiger partial charge on any atom is 0.0412 e. The largest absolute Gasteiger partial charge is 0.312 e. The fourth-order valence-corrected chi connectivity index (χ4v) is 3.20. The molecule has 1 aromatic rings. The molecule has 80 valence electrons. The number of halogens is 1. The molecule has 0 amide bonds. The SMILES string of the molecule is CCCCC(NC)c1cc(Br)c(C)s1. The highest BCUT2D eigenvalue weighted by Gasteiger charge is 2.12. The Morgan fingerprint density at radius 1 is 1.57 bits per heavy atom. The Hall–Kier alpha value is 0.140. The van der Waals surface area contributed by atoms with E-state index in [0.717, 1.165) is 0 Å². The smallest absolute Gasteiger partial charge is 0.0412 e. The van der Waals surface area contributed by atoms with E-state index < -0.39 is 0 Å². The molecule has 0 saturated heterocycles. The second kappa shape index (κ2) is 5.89. The van der Waals surface area contributed by atoms with Gasteiger partial charge in [-0.2, -0.15) is 0 Å². The molecule has 0 spiro atoms. The van der Waals surface area contributed by atoms with E-state index >= 15 is 0 Å². The predicted octanol–water partition coefficient (Wildman–Crippen LogP) is 4.27. The third kappa shape index (κ3) is 3.07. The minimum Gasteiger partial charge on any atom is -0.312 e. The van der Waals surface area contributed by atoms with E-state index in [9.17, 15) is 0 Å². The van der Waals surface area contributed by atoms with Gasteiger partial charge in [0, 0.05) is 20.3 Å². The Bertz CT molecular complexity index is 263. The first-order valence-corrected chi connectivity index (χ1v) is 6.73. The van der Waals surface area contributed by atoms with Gasteiger partial charge in [-0.15, -0.1) is 11.3 Å². The average molecular weight is 276 g/mol. The molecule has 0 aliphatic heterocycles. The van der Waals surface area contributed by atoms with E-state index in [1.54, 1.807) is 0 Å². The molecule has 1 N–H and O–H groups in total. The Labute approximate surface area is 99.0 Å². The van der Waals surface area contributed by atoms with Crippen molar-refractivity contribution >= 4 is 27.3 Å². The minimum atomic E-state index is 0.532. The van der Waals surface area contributed by atoms with Gasteiger partial charge in [0.25, 0.3) is 0 Å². The zero-order chi connectivity index (χ0) is 10.6. The molecule has 14 heavy (non-hydrogen) atoms. The molecular formula is C11H18BrNS. The number of unbranched alkanes of at least 4 members (excludes halogenated alkanes) is 1. The van der Waals surface area contributed by atoms with Crippen LogP contribution in [0, 0.1) is 6.92 Å². The molecule has 1 unspecified atom stereocenters. The van der Waals surface area contributed by atoms with Crippen LogP contribution in [0.25, 0.3) is 0 Å². The van der Waals surface area contributed by atoms with Crippen molar-refractivity contribution in [2.45, 2.75) is 39.2 Å². The lowest BCUT2D eigenvalue weighted by atomic mass is 10.1. The number of nitrogens with one attached hydrogen (secondary N) is 1. The summed E-state index contributed by atoms with van der Waals surface area (Å²) in [5.41, 5.74) is 0. The standard InChI is InChI=1S/C11H18BrNS/c1-4-5-6-10(13-3)11-7-9(12)8(2)14-11/h7,10,13H,4-6H2,1-3H3. The van der Waals surface area contributed by atoms with E-state index in [0.29, 0.717) is 6.04 Å². The van der Waals surface area contributed by atoms with E-state index in [2.05, 4.69) is 41.2 Å². The summed E-state index contributed by atoms with van der Waals surface area (Å²) >= 11 is 5.45. The van der Waals surface area contributed by atoms with Crippen molar-refractivity contribution in [3.8, 4) is 0 Å². The Morgan fingerprint density at radius 2 is 2.29 bits per heavy atom. The lowest BCUT2D eigenvalue weighted by Gasteiger charge is -2.13. The molecule has 0 radical (unpaired) electrons. The van der Waals surface area contributed by atoms with Gasteiger partial charge in [0.2, 0.25) is 0 Å². The molecule has 0 fully saturated rings. The molecule has 0 aliphatic rings. The predicted molar refractivity (Wildman–Crippen MR) is 68.1 cm³/mol. The van der Waals surface area contributed by atoms with Gasteiger partial charge in [-0.05, 0) is 42.4 Å². The number of rotatable bonds is 5. The van der Waals surface area contributed by atoms with E-state index in [1.807, 2.05) is 18.4 Å². The molecule has 0 aromatic carbocycles. The van der Waals surface area contributed by atoms with Crippen LogP contribution in [-0.4, -0.2) is 7.05 Å². The second-order valence-electron chi connectivity index (χ2n) is 3.54. The van der Waals surface area contributed by atoms with Gasteiger partial charge in [-0.1, -0.05) is 19.8 Å². The van der Waals surface area contributed by atoms with Crippen LogP contribution in [0.5, 0.6) is 0 Å². The fourth-order valence-electron chi connectivity index (χ4n) is 1.49. The van der Waals surface area contributed by atoms with E-state index in [4.69, 9.17) is 0 Å². The van der Waals surface area contributed by atoms with Gasteiger partial charge in [0.05, 0.1) is 0 Å². The summed E-state index contributed by atoms with van der Waals surface area (Å²) in [7, 11) is 2.04. The maximum atomic E-state index is 3.56. The molecule has 0 aliphatic carbocycles. The maximum absolute atomic E-state index is 3.56. The summed E-state index contributed by atoms with van der Waals surface area (Å²) in [6.07, 6.45) is 3.79. The van der Waals surface area contributed by atoms with Crippen LogP contribution in [0.4, 0.5) is 0 Å². The number of hydrogen-bond acceptors (Lipinski definition) is 2. The van der Waals surface area contributed by atoms with Gasteiger partial charge in [-0.3, -0.25) is 0 Å². The number of aryl methyl sites for hydroxylation is 1. The van der Waals surface area contributed by atoms with E-state index in [-0.39, 0.29) is 0 Å². The van der Waals surface area contributed by atoms with E-state index in [1.165, 1.54) is 33.5 Å². The highest BCUT2D eigenvalue weighted by atomic mass is 79.9. The molecule has 1 nitrogen and oxygen atoms in total. The second-order valence-corrected chi connectivity index (χ2v) is 5.68. The van der Waals surface area contributed by atoms with Crippen molar-refractivity contribution in [1.29, 1.82) is 0 Å². The van der Waals surface area contributed by atoms with Crippen LogP contribution in [0.15, 0.2) is 10.5 Å². The summed E-state index contributed by atoms with van der Waals surface area (Å²) in [5, 5.41) is 3.38. The highest BCUT2D eigenvalue weighted by molar-refractivity contribution is 9.10. The zero-order valence-corrected chi connectivity index (χ0v) is 11.5. The number of hydrogen-bond donors (Lipinski definition) is 1. The lowest BCUT2D eigenvalue weighted by molar-refractivity contribution is 0.530. The lowest BCUT2D eigenvalue weighted by Crippen LogP contribution is -2.14. The molecular weight excluding hydrogens is 258 g/mol. The highest BCUT2D eigenvalue weighted by Crippen LogP contribution is 2.32. The Morgan fingerprint density at radius 3 is 2.71 bits per heavy atom. The summed E-state index contributed by atoms with van der Waals surface area (Å²) in [6, 6.07) is 2.78. The zero-order valence-electron chi connectivity index (χ0n) is 9.06. The monoisotopic (exact) mass is 275 g/mol. The van der Waals surface area contributed by atoms with Crippen LogP contribution < -0.4 is 5.32 Å². The van der Waals surface area contributed by atoms with Crippen LogP contribution in [-0.2, 0) is 0 Å². The van der Waals surface area contributed by atoms with Crippen molar-refractivity contribution < 1.29 is 0 Å². The molecule has 1 aromatic heterocycles. The first-order valence-electron chi connectivity index (χ1n) is 5.12. The van der Waals surface area contributed by atoms with Crippen molar-refractivity contribution in [2.24, 2.45) is 0 Å². The van der Waals surface area contributed by atoms with Gasteiger partial charge in [-0.25, -0.2) is 0 Å². The quantitative estimate of drug-likeness (QED) is 0.846. The average Bonchev–Trinajstić information content (AvgIpc) is 2.48. The van der Waals surface area contributed by atoms with Gasteiger partial charge >= 0.3 is 0 Å². The molecule has 0 bridgehead atoms. The molecule has 3 heteroatoms. The Balaban J connectivity index is 2.68. The fraction of sp³-hybridized carbons (Fsp3) is 0.636. The molecule has 1 rings (SSSR count). The first kappa shape index (κ1) is 12.2. The third-order valence-electron chi connectivity index (χ3n) is 2.41.